The van der Waals surface area contributed by atoms with E-state index in [-0.39, 0.29) is 0 Å². The smallest absolute Gasteiger partial charge is 0.386 e. The molecule has 1 atom stereocenters. The van der Waals surface area contributed by atoms with E-state index < -0.39 is 45.7 Å². The molecular weight excluding hydrogens is 309 g/mol. The summed E-state index contributed by atoms with van der Waals surface area (Å²) >= 11 is 0. The summed E-state index contributed by atoms with van der Waals surface area (Å²) in [6.45, 7) is -1.09. The van der Waals surface area contributed by atoms with Crippen molar-refractivity contribution in [3.63, 3.8) is 0 Å². The average molecular weight is 319 g/mol. The first-order valence-corrected chi connectivity index (χ1v) is 6.66. The standard InChI is InChI=1S/C10H10F5NO3S/c11-9(12)7(17)5-16-20(18,19)8-4-2-1-3-6(8)10(13,14)15/h1-4,7,9,16-17H,5H2. The highest BCUT2D eigenvalue weighted by atomic mass is 32.2. The van der Waals surface area contributed by atoms with Gasteiger partial charge in [-0.25, -0.2) is 21.9 Å². The first-order valence-electron chi connectivity index (χ1n) is 5.18. The zero-order valence-corrected chi connectivity index (χ0v) is 10.5. The molecule has 1 aromatic carbocycles. The molecule has 0 aliphatic heterocycles. The second-order valence-corrected chi connectivity index (χ2v) is 5.48. The number of hydrogen-bond donors (Lipinski definition) is 2. The fourth-order valence-corrected chi connectivity index (χ4v) is 2.57. The van der Waals surface area contributed by atoms with Gasteiger partial charge in [0.2, 0.25) is 10.0 Å². The molecule has 1 unspecified atom stereocenters. The molecule has 0 amide bonds. The first-order chi connectivity index (χ1) is 9.05. The number of nitrogens with one attached hydrogen (secondary N) is 1. The molecule has 0 fully saturated rings. The van der Waals surface area contributed by atoms with Gasteiger partial charge in [-0.15, -0.1) is 0 Å². The SMILES string of the molecule is O=S(=O)(NCC(O)C(F)F)c1ccccc1C(F)(F)F. The summed E-state index contributed by atoms with van der Waals surface area (Å²) < 4.78 is 86.8. The third-order valence-corrected chi connectivity index (χ3v) is 3.74. The van der Waals surface area contributed by atoms with Crippen LogP contribution in [0.3, 0.4) is 0 Å². The van der Waals surface area contributed by atoms with Crippen molar-refractivity contribution in [2.24, 2.45) is 0 Å². The molecule has 10 heteroatoms. The van der Waals surface area contributed by atoms with E-state index in [0.717, 1.165) is 12.1 Å². The van der Waals surface area contributed by atoms with E-state index in [1.165, 1.54) is 4.72 Å². The van der Waals surface area contributed by atoms with E-state index in [1.807, 2.05) is 0 Å². The van der Waals surface area contributed by atoms with Crippen LogP contribution in [-0.2, 0) is 16.2 Å². The summed E-state index contributed by atoms with van der Waals surface area (Å²) in [5.41, 5.74) is -1.42. The van der Waals surface area contributed by atoms with Crippen LogP contribution in [0.5, 0.6) is 0 Å². The predicted octanol–water partition coefficient (Wildman–Crippen LogP) is 1.61. The maximum Gasteiger partial charge on any atom is 0.417 e. The van der Waals surface area contributed by atoms with Gasteiger partial charge >= 0.3 is 6.18 Å². The molecule has 0 heterocycles. The quantitative estimate of drug-likeness (QED) is 0.810. The lowest BCUT2D eigenvalue weighted by atomic mass is 10.2. The van der Waals surface area contributed by atoms with Gasteiger partial charge in [0.05, 0.1) is 10.5 Å². The van der Waals surface area contributed by atoms with Gasteiger partial charge in [0.1, 0.15) is 6.10 Å². The number of halogens is 5. The summed E-state index contributed by atoms with van der Waals surface area (Å²) in [5, 5.41) is 8.77. The fourth-order valence-electron chi connectivity index (χ4n) is 1.30. The Balaban J connectivity index is 3.05. The molecule has 1 rings (SSSR count). The number of benzene rings is 1. The zero-order valence-electron chi connectivity index (χ0n) is 9.73. The van der Waals surface area contributed by atoms with Crippen molar-refractivity contribution in [3.05, 3.63) is 29.8 Å². The molecule has 0 bridgehead atoms. The van der Waals surface area contributed by atoms with E-state index >= 15 is 0 Å². The van der Waals surface area contributed by atoms with Crippen LogP contribution in [0.25, 0.3) is 0 Å². The van der Waals surface area contributed by atoms with Crippen molar-refractivity contribution in [3.8, 4) is 0 Å². The summed E-state index contributed by atoms with van der Waals surface area (Å²) in [6, 6.07) is 3.31. The van der Waals surface area contributed by atoms with Crippen molar-refractivity contribution in [1.29, 1.82) is 0 Å². The van der Waals surface area contributed by atoms with Crippen molar-refractivity contribution in [2.75, 3.05) is 6.54 Å². The number of hydrogen-bond acceptors (Lipinski definition) is 3. The molecule has 0 aliphatic carbocycles. The topological polar surface area (TPSA) is 66.4 Å². The normalized spacial score (nSPS) is 14.6. The molecule has 0 aromatic heterocycles. The van der Waals surface area contributed by atoms with Crippen LogP contribution in [0.15, 0.2) is 29.2 Å². The van der Waals surface area contributed by atoms with Gasteiger partial charge in [-0.2, -0.15) is 13.2 Å². The average Bonchev–Trinajstić information content (AvgIpc) is 2.35. The molecule has 2 N–H and O–H groups in total. The molecule has 0 aliphatic rings. The Morgan fingerprint density at radius 2 is 1.75 bits per heavy atom. The third kappa shape index (κ3) is 4.12. The summed E-state index contributed by atoms with van der Waals surface area (Å²) in [6.07, 6.45) is -10.4. The highest BCUT2D eigenvalue weighted by Crippen LogP contribution is 2.33. The number of sulfonamides is 1. The van der Waals surface area contributed by atoms with Crippen molar-refractivity contribution in [1.82, 2.24) is 4.72 Å². The van der Waals surface area contributed by atoms with E-state index in [4.69, 9.17) is 5.11 Å². The van der Waals surface area contributed by atoms with Gasteiger partial charge in [0.25, 0.3) is 6.43 Å². The van der Waals surface area contributed by atoms with Crippen molar-refractivity contribution in [2.45, 2.75) is 23.6 Å². The second-order valence-electron chi connectivity index (χ2n) is 3.75. The Labute approximate surface area is 111 Å². The van der Waals surface area contributed by atoms with Crippen LogP contribution in [0.4, 0.5) is 22.0 Å². The van der Waals surface area contributed by atoms with Crippen LogP contribution in [0.2, 0.25) is 0 Å². The molecule has 114 valence electrons. The highest BCUT2D eigenvalue weighted by molar-refractivity contribution is 7.89. The van der Waals surface area contributed by atoms with Crippen LogP contribution in [0.1, 0.15) is 5.56 Å². The van der Waals surface area contributed by atoms with Gasteiger partial charge in [0, 0.05) is 6.54 Å². The molecule has 0 radical (unpaired) electrons. The first kappa shape index (κ1) is 16.8. The molecule has 0 saturated carbocycles. The monoisotopic (exact) mass is 319 g/mol. The van der Waals surface area contributed by atoms with Gasteiger partial charge < -0.3 is 5.11 Å². The van der Waals surface area contributed by atoms with E-state index in [1.54, 1.807) is 0 Å². The number of aliphatic hydroxyl groups excluding tert-OH is 1. The highest BCUT2D eigenvalue weighted by Gasteiger charge is 2.37. The Morgan fingerprint density at radius 1 is 1.20 bits per heavy atom. The lowest BCUT2D eigenvalue weighted by Gasteiger charge is -2.15. The Hall–Kier alpha value is -1.26. The number of rotatable bonds is 5. The predicted molar refractivity (Wildman–Crippen MR) is 58.6 cm³/mol. The van der Waals surface area contributed by atoms with E-state index in [2.05, 4.69) is 0 Å². The molecule has 1 aromatic rings. The van der Waals surface area contributed by atoms with Crippen LogP contribution in [-0.4, -0.2) is 32.6 Å². The zero-order chi connectivity index (χ0) is 15.6. The second kappa shape index (κ2) is 6.02. The lowest BCUT2D eigenvalue weighted by molar-refractivity contribution is -0.139. The van der Waals surface area contributed by atoms with Gasteiger partial charge in [-0.1, -0.05) is 12.1 Å². The molecule has 0 spiro atoms. The minimum absolute atomic E-state index is 0.554. The molecule has 0 saturated heterocycles. The van der Waals surface area contributed by atoms with Crippen LogP contribution >= 0.6 is 0 Å². The van der Waals surface area contributed by atoms with Gasteiger partial charge in [0.15, 0.2) is 0 Å². The maximum absolute atomic E-state index is 12.6. The summed E-state index contributed by atoms with van der Waals surface area (Å²) in [7, 11) is -4.67. The third-order valence-electron chi connectivity index (χ3n) is 2.26. The van der Waals surface area contributed by atoms with Gasteiger partial charge in [-0.3, -0.25) is 0 Å². The Morgan fingerprint density at radius 3 is 2.25 bits per heavy atom. The molecule has 4 nitrogen and oxygen atoms in total. The minimum Gasteiger partial charge on any atom is -0.386 e. The van der Waals surface area contributed by atoms with Crippen LogP contribution in [0, 0.1) is 0 Å². The largest absolute Gasteiger partial charge is 0.417 e. The number of alkyl halides is 5. The van der Waals surface area contributed by atoms with Crippen molar-refractivity contribution >= 4 is 10.0 Å². The van der Waals surface area contributed by atoms with Crippen molar-refractivity contribution < 1.29 is 35.5 Å². The Kier molecular flexibility index (Phi) is 5.05. The van der Waals surface area contributed by atoms with Gasteiger partial charge in [-0.05, 0) is 12.1 Å². The molecular formula is C10H10F5NO3S. The Bertz CT molecular complexity index is 558. The number of aliphatic hydroxyl groups is 1. The fraction of sp³-hybridized carbons (Fsp3) is 0.400. The maximum atomic E-state index is 12.6. The summed E-state index contributed by atoms with van der Waals surface area (Å²) in [4.78, 5) is -1.09. The molecule has 20 heavy (non-hydrogen) atoms. The van der Waals surface area contributed by atoms with E-state index in [9.17, 15) is 30.4 Å². The summed E-state index contributed by atoms with van der Waals surface area (Å²) in [5.74, 6) is 0. The lowest BCUT2D eigenvalue weighted by Crippen LogP contribution is -2.36. The van der Waals surface area contributed by atoms with Crippen LogP contribution < -0.4 is 4.72 Å². The minimum atomic E-state index is -4.91. The van der Waals surface area contributed by atoms with E-state index in [0.29, 0.717) is 12.1 Å².